The molecule has 246 valence electrons. The molecule has 0 spiro atoms. The molecule has 0 saturated carbocycles. The Kier molecular flexibility index (Phi) is 14.6. The second kappa shape index (κ2) is 16.6. The second-order valence-electron chi connectivity index (χ2n) is 8.92. The van der Waals surface area contributed by atoms with Crippen molar-refractivity contribution in [1.29, 1.82) is 0 Å². The van der Waals surface area contributed by atoms with Crippen LogP contribution in [0, 0.1) is 0 Å². The van der Waals surface area contributed by atoms with E-state index in [1.165, 1.54) is 12.8 Å². The van der Waals surface area contributed by atoms with Crippen LogP contribution < -0.4 is 0 Å². The van der Waals surface area contributed by atoms with Gasteiger partial charge in [0.05, 0.1) is 31.1 Å². The van der Waals surface area contributed by atoms with Crippen molar-refractivity contribution in [1.82, 2.24) is 14.8 Å². The van der Waals surface area contributed by atoms with E-state index in [4.69, 9.17) is 39.2 Å². The number of pyridine rings is 1. The third kappa shape index (κ3) is 13.7. The van der Waals surface area contributed by atoms with E-state index in [9.17, 15) is 39.5 Å². The summed E-state index contributed by atoms with van der Waals surface area (Å²) in [5.41, 5.74) is 1.16. The van der Waals surface area contributed by atoms with Crippen molar-refractivity contribution >= 4 is 17.9 Å². The summed E-state index contributed by atoms with van der Waals surface area (Å²) in [7, 11) is 0. The number of hydrogen-bond donors (Lipinski definition) is 3. The molecule has 0 bridgehead atoms. The van der Waals surface area contributed by atoms with Crippen LogP contribution in [-0.4, -0.2) is 124 Å². The topological polar surface area (TPSA) is 150 Å². The molecule has 3 atom stereocenters. The zero-order valence-corrected chi connectivity index (χ0v) is 22.0. The largest absolute Gasteiger partial charge is 0.490 e. The molecule has 0 unspecified atom stereocenters. The monoisotopic (exact) mass is 645 g/mol. The Bertz CT molecular complexity index is 963. The van der Waals surface area contributed by atoms with Gasteiger partial charge in [-0.05, 0) is 25.0 Å². The summed E-state index contributed by atoms with van der Waals surface area (Å²) >= 11 is 0. The lowest BCUT2D eigenvalue weighted by Crippen LogP contribution is -2.51. The normalized spacial score (nSPS) is 22.8. The van der Waals surface area contributed by atoms with E-state index >= 15 is 0 Å². The highest BCUT2D eigenvalue weighted by Crippen LogP contribution is 2.33. The first kappa shape index (κ1) is 37.8. The number of aromatic nitrogens is 1. The number of likely N-dealkylation sites (tertiary alicyclic amines) is 1. The van der Waals surface area contributed by atoms with Crippen LogP contribution in [0.2, 0.25) is 0 Å². The number of morpholine rings is 1. The maximum absolute atomic E-state index is 10.6. The molecule has 3 fully saturated rings. The average molecular weight is 645 g/mol. The minimum absolute atomic E-state index is 0.357. The van der Waals surface area contributed by atoms with Crippen molar-refractivity contribution in [3.05, 3.63) is 30.1 Å². The molecular weight excluding hydrogens is 617 g/mol. The molecule has 0 radical (unpaired) electrons. The zero-order chi connectivity index (χ0) is 33.0. The smallest absolute Gasteiger partial charge is 0.475 e. The van der Waals surface area contributed by atoms with E-state index in [-0.39, 0.29) is 0 Å². The molecule has 43 heavy (non-hydrogen) atoms. The summed E-state index contributed by atoms with van der Waals surface area (Å²) in [6.07, 6.45) is -10.6. The molecule has 1 aromatic heterocycles. The van der Waals surface area contributed by atoms with Crippen molar-refractivity contribution in [3.8, 4) is 0 Å². The number of fused-ring (bicyclic) bond motifs is 1. The zero-order valence-electron chi connectivity index (χ0n) is 22.0. The molecule has 3 saturated heterocycles. The summed E-state index contributed by atoms with van der Waals surface area (Å²) < 4.78 is 107. The van der Waals surface area contributed by atoms with Gasteiger partial charge in [-0.2, -0.15) is 39.5 Å². The fraction of sp³-hybridized carbons (Fsp3) is 0.652. The number of alkyl halides is 9. The van der Waals surface area contributed by atoms with Gasteiger partial charge in [0.15, 0.2) is 0 Å². The average Bonchev–Trinajstić information content (AvgIpc) is 3.27. The van der Waals surface area contributed by atoms with Crippen molar-refractivity contribution in [2.45, 2.75) is 56.1 Å². The molecule has 4 heterocycles. The highest BCUT2D eigenvalue weighted by atomic mass is 19.4. The Morgan fingerprint density at radius 2 is 1.30 bits per heavy atom. The Balaban J connectivity index is 0.000000363. The van der Waals surface area contributed by atoms with Gasteiger partial charge in [-0.15, -0.1) is 0 Å². The molecule has 3 aliphatic rings. The Morgan fingerprint density at radius 1 is 0.814 bits per heavy atom. The third-order valence-electron chi connectivity index (χ3n) is 5.94. The van der Waals surface area contributed by atoms with Crippen molar-refractivity contribution < 1.29 is 78.7 Å². The lowest BCUT2D eigenvalue weighted by Gasteiger charge is -2.37. The first-order chi connectivity index (χ1) is 19.7. The maximum atomic E-state index is 10.6. The van der Waals surface area contributed by atoms with Crippen molar-refractivity contribution in [3.63, 3.8) is 0 Å². The number of aliphatic carboxylic acids is 3. The quantitative estimate of drug-likeness (QED) is 0.417. The number of rotatable bonds is 3. The molecular formula is C23H28F9N3O8. The molecule has 0 aliphatic carbocycles. The highest BCUT2D eigenvalue weighted by molar-refractivity contribution is 5.73. The molecule has 1 aromatic rings. The standard InChI is InChI=1S/C17H25N3O2.3C2HF3O2/c1-2-6-18-14(4-1)12-20-13-16(19-7-10-21-11-8-19)17-15(20)5-3-9-22-17;3*3-2(4,5)1(6)7/h1-2,4,6,15-17H,3,5,7-13H2;3*(H,6,7)/t15-,16-,17+;;;/m0.../s1. The second-order valence-corrected chi connectivity index (χ2v) is 8.92. The number of nitrogens with zero attached hydrogens (tertiary/aromatic N) is 3. The minimum Gasteiger partial charge on any atom is -0.475 e. The predicted molar refractivity (Wildman–Crippen MR) is 125 cm³/mol. The molecule has 0 aromatic carbocycles. The molecule has 3 aliphatic heterocycles. The lowest BCUT2D eigenvalue weighted by atomic mass is 10.00. The lowest BCUT2D eigenvalue weighted by molar-refractivity contribution is -0.193. The first-order valence-corrected chi connectivity index (χ1v) is 12.2. The van der Waals surface area contributed by atoms with Gasteiger partial charge in [-0.25, -0.2) is 14.4 Å². The summed E-state index contributed by atoms with van der Waals surface area (Å²) in [5, 5.41) is 21.4. The van der Waals surface area contributed by atoms with Crippen LogP contribution in [0.3, 0.4) is 0 Å². The van der Waals surface area contributed by atoms with Gasteiger partial charge in [-0.3, -0.25) is 14.8 Å². The number of hydrogen-bond acceptors (Lipinski definition) is 8. The Labute approximate surface area is 237 Å². The number of carbonyl (C=O) groups is 3. The van der Waals surface area contributed by atoms with Gasteiger partial charge >= 0.3 is 36.4 Å². The fourth-order valence-electron chi connectivity index (χ4n) is 4.14. The molecule has 20 heteroatoms. The van der Waals surface area contributed by atoms with E-state index in [2.05, 4.69) is 26.9 Å². The summed E-state index contributed by atoms with van der Waals surface area (Å²) in [5.74, 6) is -8.27. The van der Waals surface area contributed by atoms with E-state index in [1.807, 2.05) is 12.3 Å². The van der Waals surface area contributed by atoms with Crippen molar-refractivity contribution in [2.75, 3.05) is 39.5 Å². The molecule has 0 amide bonds. The van der Waals surface area contributed by atoms with E-state index in [0.717, 1.165) is 51.7 Å². The van der Waals surface area contributed by atoms with E-state index in [0.29, 0.717) is 18.2 Å². The molecule has 4 rings (SSSR count). The molecule has 3 N–H and O–H groups in total. The van der Waals surface area contributed by atoms with Gasteiger partial charge < -0.3 is 24.8 Å². The van der Waals surface area contributed by atoms with Crippen LogP contribution in [0.4, 0.5) is 39.5 Å². The Hall–Kier alpha value is -3.23. The van der Waals surface area contributed by atoms with Crippen LogP contribution in [0.5, 0.6) is 0 Å². The predicted octanol–water partition coefficient (Wildman–Crippen LogP) is 3.05. The third-order valence-corrected chi connectivity index (χ3v) is 5.94. The van der Waals surface area contributed by atoms with E-state index in [1.54, 1.807) is 0 Å². The number of ether oxygens (including phenoxy) is 2. The molecule has 11 nitrogen and oxygen atoms in total. The number of halogens is 9. The highest BCUT2D eigenvalue weighted by Gasteiger charge is 2.46. The van der Waals surface area contributed by atoms with Gasteiger partial charge in [0.25, 0.3) is 0 Å². The van der Waals surface area contributed by atoms with Gasteiger partial charge in [0, 0.05) is 45.0 Å². The summed E-state index contributed by atoms with van der Waals surface area (Å²) in [6.45, 7) is 6.73. The van der Waals surface area contributed by atoms with Crippen LogP contribution in [-0.2, 0) is 30.4 Å². The number of carboxylic acids is 3. The van der Waals surface area contributed by atoms with E-state index < -0.39 is 36.4 Å². The van der Waals surface area contributed by atoms with Gasteiger partial charge in [-0.1, -0.05) is 6.07 Å². The summed E-state index contributed by atoms with van der Waals surface area (Å²) in [4.78, 5) is 36.4. The summed E-state index contributed by atoms with van der Waals surface area (Å²) in [6, 6.07) is 7.24. The van der Waals surface area contributed by atoms with Crippen molar-refractivity contribution in [2.24, 2.45) is 0 Å². The minimum atomic E-state index is -5.08. The van der Waals surface area contributed by atoms with Gasteiger partial charge in [0.1, 0.15) is 0 Å². The maximum Gasteiger partial charge on any atom is 0.490 e. The number of carboxylic acid groups (broad SMARTS) is 3. The van der Waals surface area contributed by atoms with Crippen LogP contribution in [0.25, 0.3) is 0 Å². The van der Waals surface area contributed by atoms with Crippen LogP contribution >= 0.6 is 0 Å². The van der Waals surface area contributed by atoms with Crippen LogP contribution in [0.15, 0.2) is 24.4 Å². The SMILES string of the molecule is O=C(O)C(F)(F)F.O=C(O)C(F)(F)F.O=C(O)C(F)(F)F.c1ccc(CN2C[C@H](N3CCOCC3)[C@@H]3OCCC[C@@H]32)nc1. The van der Waals surface area contributed by atoms with Gasteiger partial charge in [0.2, 0.25) is 0 Å². The first-order valence-electron chi connectivity index (χ1n) is 12.2. The fourth-order valence-corrected chi connectivity index (χ4v) is 4.14. The van der Waals surface area contributed by atoms with Crippen LogP contribution in [0.1, 0.15) is 18.5 Å². The Morgan fingerprint density at radius 3 is 1.72 bits per heavy atom.